The number of benzene rings is 1. The van der Waals surface area contributed by atoms with E-state index >= 15 is 0 Å². The summed E-state index contributed by atoms with van der Waals surface area (Å²) < 4.78 is 1.96. The van der Waals surface area contributed by atoms with Gasteiger partial charge in [0.15, 0.2) is 0 Å². The van der Waals surface area contributed by atoms with E-state index in [4.69, 9.17) is 30.1 Å². The molecule has 7 heteroatoms. The molecule has 0 atom stereocenters. The van der Waals surface area contributed by atoms with Gasteiger partial charge in [-0.25, -0.2) is 0 Å². The van der Waals surface area contributed by atoms with Crippen LogP contribution in [0.4, 0.5) is 0 Å². The first-order valence-electron chi connectivity index (χ1n) is 2.58. The first kappa shape index (κ1) is 17.0. The van der Waals surface area contributed by atoms with Crippen LogP contribution in [-0.4, -0.2) is 0 Å². The summed E-state index contributed by atoms with van der Waals surface area (Å²) >= 11 is 4.93. The summed E-state index contributed by atoms with van der Waals surface area (Å²) in [6, 6.07) is 8.82. The Hall–Kier alpha value is 1.54. The number of hydrogen-bond donors (Lipinski definition) is 0. The molecule has 1 aromatic rings. The van der Waals surface area contributed by atoms with Gasteiger partial charge >= 0.3 is 41.5 Å². The van der Waals surface area contributed by atoms with Crippen LogP contribution in [0, 0.1) is 6.07 Å². The van der Waals surface area contributed by atoms with Gasteiger partial charge in [-0.2, -0.15) is 24.3 Å². The molecular weight excluding hydrogens is 404 g/mol. The van der Waals surface area contributed by atoms with Gasteiger partial charge in [-0.1, -0.05) is 40.8 Å². The minimum Gasteiger partial charge on any atom is -0.693 e. The van der Waals surface area contributed by atoms with E-state index in [1.54, 1.807) is 0 Å². The van der Waals surface area contributed by atoms with Crippen molar-refractivity contribution in [3.05, 3.63) is 39.4 Å². The van der Waals surface area contributed by atoms with E-state index in [2.05, 4.69) is 37.9 Å². The summed E-state index contributed by atoms with van der Waals surface area (Å²) in [6.45, 7) is 0. The Morgan fingerprint density at radius 1 is 1.08 bits per heavy atom. The monoisotopic (exact) mass is 406 g/mol. The van der Waals surface area contributed by atoms with Crippen molar-refractivity contribution >= 4 is 62.0 Å². The second-order valence-electron chi connectivity index (χ2n) is 1.52. The van der Waals surface area contributed by atoms with Crippen molar-refractivity contribution in [2.45, 2.75) is 0 Å². The van der Waals surface area contributed by atoms with E-state index in [1.165, 1.54) is 0 Å². The summed E-state index contributed by atoms with van der Waals surface area (Å²) in [5.74, 6) is 0. The standard InChI is InChI=1S/C6H3Br2.3ClH.Cr.H2N/c7-5-2-1-3-6(8)4-5;;;;;/h1-3H;3*1H;;1H2/q-1;;;;+3;-1/p-3. The van der Waals surface area contributed by atoms with Crippen LogP contribution in [-0.2, 0) is 11.4 Å². The quantitative estimate of drug-likeness (QED) is 0.486. The van der Waals surface area contributed by atoms with Crippen LogP contribution < -0.4 is 0 Å². The maximum atomic E-state index is 4.93. The third-order valence-electron chi connectivity index (χ3n) is 0.724. The molecule has 0 spiro atoms. The first-order chi connectivity index (χ1) is 5.52. The normalized spacial score (nSPS) is 8.46. The van der Waals surface area contributed by atoms with Crippen LogP contribution in [0.2, 0.25) is 0 Å². The molecule has 0 bridgehead atoms. The Bertz CT molecular complexity index is 217. The van der Waals surface area contributed by atoms with Crippen molar-refractivity contribution in [2.24, 2.45) is 0 Å². The number of hydrogen-bond acceptors (Lipinski definition) is 0. The molecule has 0 aliphatic rings. The SMILES string of the molecule is Brc1[c-]c(Br)ccc1.[Cl][Cr]([Cl])[Cl].[NH2-]. The van der Waals surface area contributed by atoms with Crippen LogP contribution in [0.3, 0.4) is 0 Å². The van der Waals surface area contributed by atoms with Crippen molar-refractivity contribution < 1.29 is 11.4 Å². The molecule has 0 unspecified atom stereocenters. The number of nitrogens with two attached hydrogens (primary N) is 1. The van der Waals surface area contributed by atoms with Crippen molar-refractivity contribution in [1.82, 2.24) is 0 Å². The summed E-state index contributed by atoms with van der Waals surface area (Å²) in [7, 11) is 14.8. The van der Waals surface area contributed by atoms with Crippen LogP contribution >= 0.6 is 62.0 Å². The Morgan fingerprint density at radius 3 is 1.54 bits per heavy atom. The predicted molar refractivity (Wildman–Crippen MR) is 63.5 cm³/mol. The number of halogens is 5. The number of rotatable bonds is 0. The fourth-order valence-electron chi connectivity index (χ4n) is 0.414. The molecule has 0 radical (unpaired) electrons. The fraction of sp³-hybridized carbons (Fsp3) is 0. The fourth-order valence-corrected chi connectivity index (χ4v) is 1.41. The molecule has 1 nitrogen and oxygen atoms in total. The molecule has 13 heavy (non-hydrogen) atoms. The maximum Gasteiger partial charge on any atom is -0.693 e. The summed E-state index contributed by atoms with van der Waals surface area (Å²) in [5.41, 5.74) is 0. The van der Waals surface area contributed by atoms with Gasteiger partial charge in [-0.3, -0.25) is 0 Å². The van der Waals surface area contributed by atoms with E-state index < -0.39 is 11.4 Å². The molecule has 0 aliphatic carbocycles. The predicted octanol–water partition coefficient (Wildman–Crippen LogP) is 5.79. The van der Waals surface area contributed by atoms with Crippen LogP contribution in [0.15, 0.2) is 27.1 Å². The van der Waals surface area contributed by atoms with Gasteiger partial charge in [0.1, 0.15) is 0 Å². The van der Waals surface area contributed by atoms with E-state index in [0.29, 0.717) is 0 Å². The molecule has 1 aromatic carbocycles. The van der Waals surface area contributed by atoms with Gasteiger partial charge in [0, 0.05) is 0 Å². The molecule has 0 aliphatic heterocycles. The Balaban J connectivity index is 0. The molecule has 1 rings (SSSR count). The molecule has 2 N–H and O–H groups in total. The molecule has 0 fully saturated rings. The van der Waals surface area contributed by atoms with Crippen molar-refractivity contribution in [1.29, 1.82) is 0 Å². The van der Waals surface area contributed by atoms with E-state index in [1.807, 2.05) is 18.2 Å². The Labute approximate surface area is 112 Å². The zero-order chi connectivity index (χ0) is 9.56. The second-order valence-corrected chi connectivity index (χ2v) is 9.55. The van der Waals surface area contributed by atoms with Gasteiger partial charge in [0.2, 0.25) is 0 Å². The van der Waals surface area contributed by atoms with Gasteiger partial charge in [0.25, 0.3) is 0 Å². The third-order valence-corrected chi connectivity index (χ3v) is 1.65. The van der Waals surface area contributed by atoms with Crippen LogP contribution in [0.1, 0.15) is 0 Å². The van der Waals surface area contributed by atoms with Crippen LogP contribution in [0.5, 0.6) is 0 Å². The molecular formula is C6H5Br2Cl3CrN-2. The smallest absolute Gasteiger partial charge is 0.693 e. The molecule has 0 heterocycles. The zero-order valence-electron chi connectivity index (χ0n) is 6.11. The van der Waals surface area contributed by atoms with Gasteiger partial charge in [-0.15, -0.1) is 0 Å². The van der Waals surface area contributed by atoms with E-state index in [0.717, 1.165) is 8.95 Å². The molecule has 0 saturated carbocycles. The minimum absolute atomic E-state index is 0. The van der Waals surface area contributed by atoms with E-state index in [-0.39, 0.29) is 6.15 Å². The minimum atomic E-state index is -1.62. The summed E-state index contributed by atoms with van der Waals surface area (Å²) in [4.78, 5) is 0. The summed E-state index contributed by atoms with van der Waals surface area (Å²) in [5, 5.41) is 0. The molecule has 0 aromatic heterocycles. The van der Waals surface area contributed by atoms with E-state index in [9.17, 15) is 0 Å². The summed E-state index contributed by atoms with van der Waals surface area (Å²) in [6.07, 6.45) is 0. The van der Waals surface area contributed by atoms with Crippen molar-refractivity contribution in [3.63, 3.8) is 0 Å². The molecule has 0 saturated heterocycles. The van der Waals surface area contributed by atoms with Gasteiger partial charge in [-0.05, 0) is 0 Å². The van der Waals surface area contributed by atoms with Gasteiger partial charge in [0.05, 0.1) is 0 Å². The maximum absolute atomic E-state index is 4.93. The zero-order valence-corrected chi connectivity index (χ0v) is 12.8. The first-order valence-corrected chi connectivity index (χ1v) is 9.43. The Morgan fingerprint density at radius 2 is 1.38 bits per heavy atom. The average Bonchev–Trinajstić information content (AvgIpc) is 1.84. The van der Waals surface area contributed by atoms with Crippen molar-refractivity contribution in [2.75, 3.05) is 0 Å². The van der Waals surface area contributed by atoms with Crippen molar-refractivity contribution in [3.8, 4) is 0 Å². The Kier molecular flexibility index (Phi) is 13.1. The topological polar surface area (TPSA) is 33.5 Å². The molecule has 77 valence electrons. The third kappa shape index (κ3) is 13.5. The molecule has 0 amide bonds. The van der Waals surface area contributed by atoms with Crippen LogP contribution in [0.25, 0.3) is 6.15 Å². The van der Waals surface area contributed by atoms with Gasteiger partial charge < -0.3 is 6.15 Å². The second kappa shape index (κ2) is 10.1. The largest absolute Gasteiger partial charge is 0.693 e. The average molecular weight is 409 g/mol.